The summed E-state index contributed by atoms with van der Waals surface area (Å²) in [5, 5.41) is 6.29. The van der Waals surface area contributed by atoms with Crippen LogP contribution in [0.1, 0.15) is 13.3 Å². The standard InChI is InChI=1S/C19H27N5O3S/c1-4-20-16(25)12-21-17(26)13-28-19-22-15-9-6-5-8-14(15)18(27)24(19)11-7-10-23(2)3/h5-6,8-9H,4,7,10-13H2,1-3H3,(H,20,25)(H,21,26)/p+1. The lowest BCUT2D eigenvalue weighted by Crippen LogP contribution is -3.05. The molecule has 0 fully saturated rings. The van der Waals surface area contributed by atoms with Crippen LogP contribution >= 0.6 is 11.8 Å². The van der Waals surface area contributed by atoms with Crippen LogP contribution in [0.15, 0.2) is 34.2 Å². The van der Waals surface area contributed by atoms with Crippen molar-refractivity contribution in [3.63, 3.8) is 0 Å². The van der Waals surface area contributed by atoms with Crippen molar-refractivity contribution in [2.45, 2.75) is 25.0 Å². The lowest BCUT2D eigenvalue weighted by atomic mass is 10.2. The fourth-order valence-corrected chi connectivity index (χ4v) is 3.52. The predicted octanol–water partition coefficient (Wildman–Crippen LogP) is -0.724. The van der Waals surface area contributed by atoms with Gasteiger partial charge < -0.3 is 15.5 Å². The van der Waals surface area contributed by atoms with Crippen LogP contribution < -0.4 is 21.1 Å². The van der Waals surface area contributed by atoms with Crippen LogP contribution in [0.2, 0.25) is 0 Å². The number of hydrogen-bond donors (Lipinski definition) is 3. The Morgan fingerprint density at radius 3 is 2.64 bits per heavy atom. The van der Waals surface area contributed by atoms with E-state index in [4.69, 9.17) is 0 Å². The number of rotatable bonds is 10. The van der Waals surface area contributed by atoms with Gasteiger partial charge in [0, 0.05) is 19.5 Å². The fourth-order valence-electron chi connectivity index (χ4n) is 2.67. The molecule has 1 aromatic heterocycles. The number of fused-ring (bicyclic) bond motifs is 1. The zero-order chi connectivity index (χ0) is 20.5. The van der Waals surface area contributed by atoms with Crippen molar-refractivity contribution in [1.29, 1.82) is 0 Å². The molecule has 1 aromatic carbocycles. The van der Waals surface area contributed by atoms with Gasteiger partial charge in [0.25, 0.3) is 5.56 Å². The molecule has 0 aliphatic rings. The average molecular weight is 407 g/mol. The van der Waals surface area contributed by atoms with Crippen LogP contribution in [0.3, 0.4) is 0 Å². The van der Waals surface area contributed by atoms with Crippen LogP contribution in [0.25, 0.3) is 10.9 Å². The van der Waals surface area contributed by atoms with Gasteiger partial charge in [0.2, 0.25) is 11.8 Å². The summed E-state index contributed by atoms with van der Waals surface area (Å²) in [5.74, 6) is -0.418. The van der Waals surface area contributed by atoms with Gasteiger partial charge in [-0.25, -0.2) is 4.98 Å². The second kappa shape index (κ2) is 10.8. The van der Waals surface area contributed by atoms with E-state index in [0.717, 1.165) is 13.0 Å². The first-order chi connectivity index (χ1) is 13.4. The first kappa shape index (κ1) is 21.9. The molecule has 0 atom stereocenters. The van der Waals surface area contributed by atoms with Crippen molar-refractivity contribution in [3.05, 3.63) is 34.6 Å². The molecule has 9 heteroatoms. The summed E-state index contributed by atoms with van der Waals surface area (Å²) in [6.45, 7) is 3.75. The number of aromatic nitrogens is 2. The highest BCUT2D eigenvalue weighted by molar-refractivity contribution is 7.99. The highest BCUT2D eigenvalue weighted by Crippen LogP contribution is 2.17. The molecule has 0 aliphatic heterocycles. The summed E-state index contributed by atoms with van der Waals surface area (Å²) >= 11 is 1.21. The van der Waals surface area contributed by atoms with Gasteiger partial charge in [-0.05, 0) is 19.1 Å². The summed E-state index contributed by atoms with van der Waals surface area (Å²) in [6, 6.07) is 7.22. The molecule has 2 rings (SSSR count). The van der Waals surface area contributed by atoms with Crippen LogP contribution in [0.4, 0.5) is 0 Å². The summed E-state index contributed by atoms with van der Waals surface area (Å²) in [4.78, 5) is 42.3. The van der Waals surface area contributed by atoms with Crippen molar-refractivity contribution in [2.24, 2.45) is 0 Å². The van der Waals surface area contributed by atoms with E-state index in [1.54, 1.807) is 16.7 Å². The highest BCUT2D eigenvalue weighted by Gasteiger charge is 2.14. The quantitative estimate of drug-likeness (QED) is 0.357. The molecule has 152 valence electrons. The number of nitrogens with zero attached hydrogens (tertiary/aromatic N) is 2. The van der Waals surface area contributed by atoms with Crippen molar-refractivity contribution in [2.75, 3.05) is 39.5 Å². The third kappa shape index (κ3) is 6.35. The maximum atomic E-state index is 12.9. The minimum Gasteiger partial charge on any atom is -0.355 e. The van der Waals surface area contributed by atoms with E-state index < -0.39 is 0 Å². The minimum absolute atomic E-state index is 0.0587. The average Bonchev–Trinajstić information content (AvgIpc) is 2.66. The third-order valence-electron chi connectivity index (χ3n) is 4.04. The molecule has 0 spiro atoms. The maximum absolute atomic E-state index is 12.9. The van der Waals surface area contributed by atoms with Crippen molar-refractivity contribution >= 4 is 34.5 Å². The molecule has 3 N–H and O–H groups in total. The molecule has 8 nitrogen and oxygen atoms in total. The van der Waals surface area contributed by atoms with Gasteiger partial charge in [-0.3, -0.25) is 19.0 Å². The number of para-hydroxylation sites is 1. The molecule has 28 heavy (non-hydrogen) atoms. The summed E-state index contributed by atoms with van der Waals surface area (Å²) < 4.78 is 1.65. The molecule has 1 heterocycles. The van der Waals surface area contributed by atoms with Gasteiger partial charge in [-0.2, -0.15) is 0 Å². The Hall–Kier alpha value is -2.39. The predicted molar refractivity (Wildman–Crippen MR) is 111 cm³/mol. The number of nitrogens with one attached hydrogen (secondary N) is 3. The summed E-state index contributed by atoms with van der Waals surface area (Å²) in [5.41, 5.74) is 0.525. The molecule has 0 saturated carbocycles. The largest absolute Gasteiger partial charge is 0.355 e. The molecule has 0 saturated heterocycles. The molecular weight excluding hydrogens is 378 g/mol. The molecule has 2 aromatic rings. The normalized spacial score (nSPS) is 11.0. The minimum atomic E-state index is -0.275. The van der Waals surface area contributed by atoms with Crippen LogP contribution in [0, 0.1) is 0 Å². The Labute approximate surface area is 168 Å². The molecule has 2 amide bonds. The van der Waals surface area contributed by atoms with Gasteiger partial charge in [0.1, 0.15) is 0 Å². The lowest BCUT2D eigenvalue weighted by Gasteiger charge is -2.14. The van der Waals surface area contributed by atoms with E-state index in [-0.39, 0.29) is 29.7 Å². The number of carbonyl (C=O) groups is 2. The SMILES string of the molecule is CCNC(=O)CNC(=O)CSc1nc2ccccc2c(=O)n1CCC[NH+](C)C. The lowest BCUT2D eigenvalue weighted by molar-refractivity contribution is -0.858. The van der Waals surface area contributed by atoms with E-state index in [0.29, 0.717) is 29.1 Å². The second-order valence-electron chi connectivity index (χ2n) is 6.70. The summed E-state index contributed by atoms with van der Waals surface area (Å²) in [7, 11) is 4.13. The number of hydrogen-bond acceptors (Lipinski definition) is 5. The number of quaternary nitrogens is 1. The monoisotopic (exact) mass is 406 g/mol. The van der Waals surface area contributed by atoms with E-state index in [2.05, 4.69) is 29.7 Å². The molecular formula is C19H28N5O3S+. The molecule has 0 unspecified atom stereocenters. The molecule has 0 radical (unpaired) electrons. The van der Waals surface area contributed by atoms with E-state index in [1.165, 1.54) is 16.7 Å². The Morgan fingerprint density at radius 2 is 1.93 bits per heavy atom. The first-order valence-corrected chi connectivity index (χ1v) is 10.4. The number of thioether (sulfide) groups is 1. The Kier molecular flexibility index (Phi) is 8.46. The molecule has 0 aliphatic carbocycles. The smallest absolute Gasteiger partial charge is 0.262 e. The van der Waals surface area contributed by atoms with Gasteiger partial charge >= 0.3 is 0 Å². The van der Waals surface area contributed by atoms with Gasteiger partial charge in [-0.1, -0.05) is 23.9 Å². The third-order valence-corrected chi connectivity index (χ3v) is 5.01. The Morgan fingerprint density at radius 1 is 1.18 bits per heavy atom. The Balaban J connectivity index is 2.13. The summed E-state index contributed by atoms with van der Waals surface area (Å²) in [6.07, 6.45) is 0.833. The molecule has 0 bridgehead atoms. The topological polar surface area (TPSA) is 97.5 Å². The van der Waals surface area contributed by atoms with Gasteiger partial charge in [0.15, 0.2) is 5.16 Å². The van der Waals surface area contributed by atoms with Crippen LogP contribution in [0.5, 0.6) is 0 Å². The number of benzene rings is 1. The second-order valence-corrected chi connectivity index (χ2v) is 7.64. The van der Waals surface area contributed by atoms with E-state index >= 15 is 0 Å². The van der Waals surface area contributed by atoms with E-state index in [1.807, 2.05) is 19.1 Å². The van der Waals surface area contributed by atoms with Crippen LogP contribution in [-0.4, -0.2) is 60.8 Å². The van der Waals surface area contributed by atoms with E-state index in [9.17, 15) is 14.4 Å². The number of amides is 2. The maximum Gasteiger partial charge on any atom is 0.262 e. The number of carbonyl (C=O) groups excluding carboxylic acids is 2. The van der Waals surface area contributed by atoms with Gasteiger partial charge in [0.05, 0.1) is 43.8 Å². The van der Waals surface area contributed by atoms with Gasteiger partial charge in [-0.15, -0.1) is 0 Å². The van der Waals surface area contributed by atoms with Crippen molar-refractivity contribution < 1.29 is 14.5 Å². The van der Waals surface area contributed by atoms with Crippen molar-refractivity contribution in [1.82, 2.24) is 20.2 Å². The Bertz CT molecular complexity index is 881. The zero-order valence-corrected chi connectivity index (χ0v) is 17.4. The first-order valence-electron chi connectivity index (χ1n) is 9.37. The van der Waals surface area contributed by atoms with Crippen LogP contribution in [-0.2, 0) is 16.1 Å². The fraction of sp³-hybridized carbons (Fsp3) is 0.474. The number of likely N-dealkylation sites (N-methyl/N-ethyl adjacent to an activating group) is 1. The zero-order valence-electron chi connectivity index (χ0n) is 16.6. The van der Waals surface area contributed by atoms with Crippen molar-refractivity contribution in [3.8, 4) is 0 Å². The highest BCUT2D eigenvalue weighted by atomic mass is 32.2.